The lowest BCUT2D eigenvalue weighted by Crippen LogP contribution is -2.51. The highest BCUT2D eigenvalue weighted by molar-refractivity contribution is 5.46. The molecule has 1 atom stereocenters. The molecule has 0 saturated carbocycles. The monoisotopic (exact) mass is 235 g/mol. The second kappa shape index (κ2) is 5.07. The summed E-state index contributed by atoms with van der Waals surface area (Å²) >= 11 is 0. The standard InChI is InChI=1S/C14H21NO2/c1-4-16-13-14(2,3)10-15(11-17-13)12-8-6-5-7-9-12/h5-9,13H,4,10-11H2,1-3H3. The fourth-order valence-corrected chi connectivity index (χ4v) is 2.23. The van der Waals surface area contributed by atoms with Crippen LogP contribution in [0.1, 0.15) is 20.8 Å². The summed E-state index contributed by atoms with van der Waals surface area (Å²) in [6.45, 7) is 8.60. The maximum atomic E-state index is 5.80. The van der Waals surface area contributed by atoms with Crippen LogP contribution in [0.4, 0.5) is 5.69 Å². The van der Waals surface area contributed by atoms with Crippen molar-refractivity contribution in [3.05, 3.63) is 30.3 Å². The van der Waals surface area contributed by atoms with E-state index in [1.807, 2.05) is 13.0 Å². The molecule has 0 amide bonds. The van der Waals surface area contributed by atoms with Gasteiger partial charge in [0.15, 0.2) is 6.29 Å². The van der Waals surface area contributed by atoms with Crippen LogP contribution in [0.15, 0.2) is 30.3 Å². The SMILES string of the molecule is CCOC1OCN(c2ccccc2)CC1(C)C. The van der Waals surface area contributed by atoms with E-state index in [0.717, 1.165) is 6.54 Å². The molecule has 0 bridgehead atoms. The lowest BCUT2D eigenvalue weighted by Gasteiger charge is -2.44. The summed E-state index contributed by atoms with van der Waals surface area (Å²) in [6.07, 6.45) is -0.104. The Labute approximate surface area is 103 Å². The minimum Gasteiger partial charge on any atom is -0.352 e. The lowest BCUT2D eigenvalue weighted by molar-refractivity contribution is -0.211. The molecule has 3 nitrogen and oxygen atoms in total. The molecular formula is C14H21NO2. The molecule has 3 heteroatoms. The first-order valence-electron chi connectivity index (χ1n) is 6.16. The largest absolute Gasteiger partial charge is 0.352 e. The van der Waals surface area contributed by atoms with Crippen molar-refractivity contribution in [1.29, 1.82) is 0 Å². The number of nitrogens with zero attached hydrogens (tertiary/aromatic N) is 1. The summed E-state index contributed by atoms with van der Waals surface area (Å²) < 4.78 is 11.4. The van der Waals surface area contributed by atoms with Gasteiger partial charge in [-0.05, 0) is 19.1 Å². The van der Waals surface area contributed by atoms with Gasteiger partial charge in [-0.15, -0.1) is 0 Å². The van der Waals surface area contributed by atoms with Crippen LogP contribution in [0.2, 0.25) is 0 Å². The number of hydrogen-bond acceptors (Lipinski definition) is 3. The minimum atomic E-state index is -0.104. The minimum absolute atomic E-state index is 0.00407. The molecular weight excluding hydrogens is 214 g/mol. The summed E-state index contributed by atoms with van der Waals surface area (Å²) in [5.74, 6) is 0. The molecule has 1 aliphatic heterocycles. The van der Waals surface area contributed by atoms with E-state index < -0.39 is 0 Å². The predicted molar refractivity (Wildman–Crippen MR) is 68.9 cm³/mol. The van der Waals surface area contributed by atoms with Gasteiger partial charge in [-0.3, -0.25) is 0 Å². The van der Waals surface area contributed by atoms with Crippen LogP contribution in [-0.4, -0.2) is 26.2 Å². The molecule has 0 aromatic heterocycles. The van der Waals surface area contributed by atoms with Crippen molar-refractivity contribution in [2.75, 3.05) is 24.8 Å². The van der Waals surface area contributed by atoms with Gasteiger partial charge in [-0.2, -0.15) is 0 Å². The van der Waals surface area contributed by atoms with Crippen LogP contribution < -0.4 is 4.90 Å². The van der Waals surface area contributed by atoms with Crippen molar-refractivity contribution < 1.29 is 9.47 Å². The van der Waals surface area contributed by atoms with Crippen molar-refractivity contribution in [2.45, 2.75) is 27.1 Å². The van der Waals surface area contributed by atoms with Crippen LogP contribution in [0, 0.1) is 5.41 Å². The van der Waals surface area contributed by atoms with Crippen LogP contribution in [0.25, 0.3) is 0 Å². The number of rotatable bonds is 3. The molecule has 1 fully saturated rings. The second-order valence-corrected chi connectivity index (χ2v) is 5.11. The van der Waals surface area contributed by atoms with Crippen LogP contribution in [0.3, 0.4) is 0 Å². The van der Waals surface area contributed by atoms with Crippen LogP contribution in [-0.2, 0) is 9.47 Å². The van der Waals surface area contributed by atoms with Gasteiger partial charge in [0, 0.05) is 24.3 Å². The van der Waals surface area contributed by atoms with Gasteiger partial charge < -0.3 is 14.4 Å². The van der Waals surface area contributed by atoms with Crippen LogP contribution >= 0.6 is 0 Å². The van der Waals surface area contributed by atoms with Crippen molar-refractivity contribution in [1.82, 2.24) is 0 Å². The maximum absolute atomic E-state index is 5.80. The molecule has 1 heterocycles. The van der Waals surface area contributed by atoms with Crippen LogP contribution in [0.5, 0.6) is 0 Å². The zero-order valence-electron chi connectivity index (χ0n) is 10.8. The highest BCUT2D eigenvalue weighted by atomic mass is 16.7. The van der Waals surface area contributed by atoms with E-state index in [2.05, 4.69) is 43.0 Å². The Kier molecular flexibility index (Phi) is 3.69. The highest BCUT2D eigenvalue weighted by Crippen LogP contribution is 2.32. The first-order chi connectivity index (χ1) is 8.13. The van der Waals surface area contributed by atoms with E-state index in [1.165, 1.54) is 5.69 Å². The van der Waals surface area contributed by atoms with Crippen molar-refractivity contribution in [2.24, 2.45) is 5.41 Å². The number of anilines is 1. The normalized spacial score (nSPS) is 23.7. The average molecular weight is 235 g/mol. The van der Waals surface area contributed by atoms with E-state index in [9.17, 15) is 0 Å². The number of para-hydroxylation sites is 1. The third kappa shape index (κ3) is 2.79. The highest BCUT2D eigenvalue weighted by Gasteiger charge is 2.37. The Morgan fingerprint density at radius 3 is 2.65 bits per heavy atom. The zero-order valence-corrected chi connectivity index (χ0v) is 10.8. The van der Waals surface area contributed by atoms with Gasteiger partial charge in [0.25, 0.3) is 0 Å². The molecule has 1 aliphatic rings. The van der Waals surface area contributed by atoms with E-state index >= 15 is 0 Å². The second-order valence-electron chi connectivity index (χ2n) is 5.11. The quantitative estimate of drug-likeness (QED) is 0.804. The molecule has 0 N–H and O–H groups in total. The fourth-order valence-electron chi connectivity index (χ4n) is 2.23. The Balaban J connectivity index is 2.07. The van der Waals surface area contributed by atoms with Gasteiger partial charge in [-0.1, -0.05) is 32.0 Å². The maximum Gasteiger partial charge on any atom is 0.166 e. The predicted octanol–water partition coefficient (Wildman–Crippen LogP) is 2.87. The van der Waals surface area contributed by atoms with Gasteiger partial charge in [0.05, 0.1) is 0 Å². The third-order valence-corrected chi connectivity index (χ3v) is 3.06. The van der Waals surface area contributed by atoms with Gasteiger partial charge in [0.2, 0.25) is 0 Å². The smallest absolute Gasteiger partial charge is 0.166 e. The van der Waals surface area contributed by atoms with Crippen molar-refractivity contribution in [3.8, 4) is 0 Å². The van der Waals surface area contributed by atoms with Gasteiger partial charge in [0.1, 0.15) is 6.73 Å². The van der Waals surface area contributed by atoms with E-state index in [1.54, 1.807) is 0 Å². The number of hydrogen-bond donors (Lipinski definition) is 0. The summed E-state index contributed by atoms with van der Waals surface area (Å²) in [7, 11) is 0. The first-order valence-corrected chi connectivity index (χ1v) is 6.16. The molecule has 2 rings (SSSR count). The first kappa shape index (κ1) is 12.4. The fraction of sp³-hybridized carbons (Fsp3) is 0.571. The topological polar surface area (TPSA) is 21.7 Å². The summed E-state index contributed by atoms with van der Waals surface area (Å²) in [5, 5.41) is 0. The Morgan fingerprint density at radius 2 is 2.06 bits per heavy atom. The molecule has 1 unspecified atom stereocenters. The Morgan fingerprint density at radius 1 is 1.35 bits per heavy atom. The summed E-state index contributed by atoms with van der Waals surface area (Å²) in [5.41, 5.74) is 1.21. The molecule has 1 aromatic rings. The number of ether oxygens (including phenoxy) is 2. The number of benzene rings is 1. The molecule has 0 spiro atoms. The average Bonchev–Trinajstić information content (AvgIpc) is 2.33. The zero-order chi connectivity index (χ0) is 12.3. The molecule has 0 radical (unpaired) electrons. The van der Waals surface area contributed by atoms with E-state index in [-0.39, 0.29) is 11.7 Å². The molecule has 17 heavy (non-hydrogen) atoms. The molecule has 1 saturated heterocycles. The Hall–Kier alpha value is -1.06. The molecule has 94 valence electrons. The molecule has 1 aromatic carbocycles. The van der Waals surface area contributed by atoms with Crippen molar-refractivity contribution >= 4 is 5.69 Å². The summed E-state index contributed by atoms with van der Waals surface area (Å²) in [6, 6.07) is 10.4. The van der Waals surface area contributed by atoms with E-state index in [4.69, 9.17) is 9.47 Å². The Bertz CT molecular complexity index is 350. The van der Waals surface area contributed by atoms with E-state index in [0.29, 0.717) is 13.3 Å². The van der Waals surface area contributed by atoms with Gasteiger partial charge in [-0.25, -0.2) is 0 Å². The molecule has 0 aliphatic carbocycles. The summed E-state index contributed by atoms with van der Waals surface area (Å²) in [4.78, 5) is 2.25. The lowest BCUT2D eigenvalue weighted by atomic mass is 9.90. The van der Waals surface area contributed by atoms with Gasteiger partial charge >= 0.3 is 0 Å². The third-order valence-electron chi connectivity index (χ3n) is 3.06. The van der Waals surface area contributed by atoms with Crippen molar-refractivity contribution in [3.63, 3.8) is 0 Å².